The van der Waals surface area contributed by atoms with Gasteiger partial charge < -0.3 is 9.47 Å². The lowest BCUT2D eigenvalue weighted by Crippen LogP contribution is -2.41. The second-order valence-electron chi connectivity index (χ2n) is 3.14. The zero-order valence-corrected chi connectivity index (χ0v) is 10.5. The fourth-order valence-corrected chi connectivity index (χ4v) is 1.48. The molecule has 0 aliphatic heterocycles. The molecular weight excluding hydrogens is 236 g/mol. The first-order valence-electron chi connectivity index (χ1n) is 4.93. The minimum absolute atomic E-state index is 0.0301. The largest absolute Gasteiger partial charge is 0.449 e. The molecule has 7 nitrogen and oxygen atoms in total. The minimum Gasteiger partial charge on any atom is -0.449 e. The lowest BCUT2D eigenvalue weighted by atomic mass is 10.5. The summed E-state index contributed by atoms with van der Waals surface area (Å²) in [5, 5.41) is 0. The number of carbonyl (C=O) groups is 1. The van der Waals surface area contributed by atoms with Crippen molar-refractivity contribution in [2.24, 2.45) is 0 Å². The Balaban J connectivity index is 3.83. The van der Waals surface area contributed by atoms with Gasteiger partial charge in [0.2, 0.25) is 0 Å². The van der Waals surface area contributed by atoms with Crippen LogP contribution in [0.3, 0.4) is 0 Å². The van der Waals surface area contributed by atoms with Crippen LogP contribution in [0.2, 0.25) is 0 Å². The van der Waals surface area contributed by atoms with Crippen molar-refractivity contribution < 1.29 is 22.7 Å². The van der Waals surface area contributed by atoms with Crippen molar-refractivity contribution in [2.75, 3.05) is 19.8 Å². The summed E-state index contributed by atoms with van der Waals surface area (Å²) in [7, 11) is -3.86. The predicted octanol–water partition coefficient (Wildman–Crippen LogP) is -0.00810. The molecule has 1 amide bonds. The molecule has 0 aliphatic carbocycles. The SMILES string of the molecule is CCOC(=O)NS(=O)(=O)NCCOC(C)C. The number of ether oxygens (including phenoxy) is 2. The van der Waals surface area contributed by atoms with E-state index in [-0.39, 0.29) is 25.9 Å². The number of hydrogen-bond donors (Lipinski definition) is 2. The van der Waals surface area contributed by atoms with Gasteiger partial charge in [-0.2, -0.15) is 13.1 Å². The minimum atomic E-state index is -3.86. The normalized spacial score (nSPS) is 11.5. The van der Waals surface area contributed by atoms with E-state index in [1.807, 2.05) is 13.8 Å². The van der Waals surface area contributed by atoms with Gasteiger partial charge in [0.1, 0.15) is 0 Å². The third-order valence-electron chi connectivity index (χ3n) is 1.34. The van der Waals surface area contributed by atoms with Crippen LogP contribution in [0.25, 0.3) is 0 Å². The van der Waals surface area contributed by atoms with Crippen molar-refractivity contribution in [3.05, 3.63) is 0 Å². The van der Waals surface area contributed by atoms with Crippen LogP contribution in [-0.4, -0.2) is 40.4 Å². The predicted molar refractivity (Wildman–Crippen MR) is 58.2 cm³/mol. The summed E-state index contributed by atoms with van der Waals surface area (Å²) in [5.41, 5.74) is 0. The molecule has 8 heteroatoms. The molecular formula is C8H18N2O5S. The first-order chi connectivity index (χ1) is 7.37. The Bertz CT molecular complexity index is 302. The molecule has 0 aromatic heterocycles. The molecule has 0 saturated heterocycles. The van der Waals surface area contributed by atoms with Gasteiger partial charge in [-0.15, -0.1) is 0 Å². The number of amides is 1. The first-order valence-corrected chi connectivity index (χ1v) is 6.41. The second-order valence-corrected chi connectivity index (χ2v) is 4.64. The van der Waals surface area contributed by atoms with E-state index in [0.717, 1.165) is 0 Å². The molecule has 16 heavy (non-hydrogen) atoms. The molecule has 96 valence electrons. The van der Waals surface area contributed by atoms with Crippen LogP contribution in [0.15, 0.2) is 0 Å². The quantitative estimate of drug-likeness (QED) is 0.623. The Morgan fingerprint density at radius 2 is 2.00 bits per heavy atom. The molecule has 0 unspecified atom stereocenters. The summed E-state index contributed by atoms with van der Waals surface area (Å²) in [4.78, 5) is 10.8. The van der Waals surface area contributed by atoms with Crippen molar-refractivity contribution in [1.82, 2.24) is 9.44 Å². The smallest absolute Gasteiger partial charge is 0.421 e. The molecule has 0 spiro atoms. The van der Waals surface area contributed by atoms with E-state index in [2.05, 4.69) is 9.46 Å². The highest BCUT2D eigenvalue weighted by molar-refractivity contribution is 7.88. The van der Waals surface area contributed by atoms with Crippen molar-refractivity contribution in [2.45, 2.75) is 26.9 Å². The maximum Gasteiger partial charge on any atom is 0.421 e. The van der Waals surface area contributed by atoms with Gasteiger partial charge in [-0.3, -0.25) is 0 Å². The number of hydrogen-bond acceptors (Lipinski definition) is 5. The van der Waals surface area contributed by atoms with E-state index in [1.165, 1.54) is 0 Å². The Hall–Kier alpha value is -0.860. The molecule has 0 saturated carbocycles. The van der Waals surface area contributed by atoms with Gasteiger partial charge in [0.25, 0.3) is 0 Å². The van der Waals surface area contributed by atoms with E-state index in [9.17, 15) is 13.2 Å². The maximum atomic E-state index is 11.2. The first kappa shape index (κ1) is 15.1. The highest BCUT2D eigenvalue weighted by Crippen LogP contribution is 1.86. The molecule has 2 N–H and O–H groups in total. The highest BCUT2D eigenvalue weighted by atomic mass is 32.2. The Kier molecular flexibility index (Phi) is 7.02. The molecule has 0 atom stereocenters. The maximum absolute atomic E-state index is 11.2. The summed E-state index contributed by atoms with van der Waals surface area (Å²) >= 11 is 0. The van der Waals surface area contributed by atoms with Crippen LogP contribution >= 0.6 is 0 Å². The molecule has 0 heterocycles. The van der Waals surface area contributed by atoms with Crippen LogP contribution < -0.4 is 9.44 Å². The average molecular weight is 254 g/mol. The highest BCUT2D eigenvalue weighted by Gasteiger charge is 2.13. The fourth-order valence-electron chi connectivity index (χ4n) is 0.777. The lowest BCUT2D eigenvalue weighted by molar-refractivity contribution is 0.0833. The molecule has 0 fully saturated rings. The summed E-state index contributed by atoms with van der Waals surface area (Å²) in [6.45, 7) is 5.69. The molecule has 0 rings (SSSR count). The van der Waals surface area contributed by atoms with Gasteiger partial charge in [0.05, 0.1) is 19.3 Å². The molecule has 0 bridgehead atoms. The van der Waals surface area contributed by atoms with Crippen molar-refractivity contribution in [3.8, 4) is 0 Å². The Morgan fingerprint density at radius 1 is 1.38 bits per heavy atom. The Labute approximate surface area is 95.7 Å². The molecule has 0 aromatic rings. The molecule has 0 aliphatic rings. The van der Waals surface area contributed by atoms with Gasteiger partial charge >= 0.3 is 16.3 Å². The lowest BCUT2D eigenvalue weighted by Gasteiger charge is -2.09. The van der Waals surface area contributed by atoms with Crippen molar-refractivity contribution in [1.29, 1.82) is 0 Å². The summed E-state index contributed by atoms with van der Waals surface area (Å²) in [6.07, 6.45) is -0.970. The van der Waals surface area contributed by atoms with Gasteiger partial charge in [0, 0.05) is 6.54 Å². The fraction of sp³-hybridized carbons (Fsp3) is 0.875. The monoisotopic (exact) mass is 254 g/mol. The van der Waals surface area contributed by atoms with Gasteiger partial charge in [-0.25, -0.2) is 9.52 Å². The molecule has 0 aromatic carbocycles. The van der Waals surface area contributed by atoms with Crippen LogP contribution in [0.1, 0.15) is 20.8 Å². The van der Waals surface area contributed by atoms with Gasteiger partial charge in [-0.05, 0) is 20.8 Å². The zero-order chi connectivity index (χ0) is 12.6. The van der Waals surface area contributed by atoms with Crippen LogP contribution in [0.5, 0.6) is 0 Å². The van der Waals surface area contributed by atoms with Gasteiger partial charge in [-0.1, -0.05) is 0 Å². The van der Waals surface area contributed by atoms with Crippen LogP contribution in [0.4, 0.5) is 4.79 Å². The summed E-state index contributed by atoms with van der Waals surface area (Å²) in [5.74, 6) is 0. The van der Waals surface area contributed by atoms with E-state index >= 15 is 0 Å². The average Bonchev–Trinajstić information content (AvgIpc) is 2.11. The summed E-state index contributed by atoms with van der Waals surface area (Å²) < 4.78 is 35.7. The topological polar surface area (TPSA) is 93.7 Å². The van der Waals surface area contributed by atoms with E-state index in [4.69, 9.17) is 4.74 Å². The number of nitrogens with one attached hydrogen (secondary N) is 2. The van der Waals surface area contributed by atoms with Crippen LogP contribution in [0, 0.1) is 0 Å². The van der Waals surface area contributed by atoms with Crippen molar-refractivity contribution in [3.63, 3.8) is 0 Å². The second kappa shape index (κ2) is 7.42. The van der Waals surface area contributed by atoms with E-state index in [0.29, 0.717) is 0 Å². The molecule has 0 radical (unpaired) electrons. The number of carbonyl (C=O) groups excluding carboxylic acids is 1. The summed E-state index contributed by atoms with van der Waals surface area (Å²) in [6, 6.07) is 0. The van der Waals surface area contributed by atoms with E-state index < -0.39 is 16.3 Å². The van der Waals surface area contributed by atoms with Crippen LogP contribution in [-0.2, 0) is 19.7 Å². The zero-order valence-electron chi connectivity index (χ0n) is 9.65. The van der Waals surface area contributed by atoms with Gasteiger partial charge in [0.15, 0.2) is 0 Å². The third kappa shape index (κ3) is 8.45. The van der Waals surface area contributed by atoms with Crippen molar-refractivity contribution >= 4 is 16.3 Å². The Morgan fingerprint density at radius 3 is 2.50 bits per heavy atom. The number of rotatable bonds is 7. The van der Waals surface area contributed by atoms with E-state index in [1.54, 1.807) is 11.6 Å². The third-order valence-corrected chi connectivity index (χ3v) is 2.36. The standard InChI is InChI=1S/C8H18N2O5S/c1-4-14-8(11)10-16(12,13)9-5-6-15-7(2)3/h7,9H,4-6H2,1-3H3,(H,10,11).